The summed E-state index contributed by atoms with van der Waals surface area (Å²) in [5.74, 6) is -1.68. The van der Waals surface area contributed by atoms with Crippen molar-refractivity contribution in [2.24, 2.45) is 23.2 Å². The Hall–Kier alpha value is -6.29. The third kappa shape index (κ3) is 11.0. The van der Waals surface area contributed by atoms with Crippen molar-refractivity contribution in [3.8, 4) is 28.1 Å². The van der Waals surface area contributed by atoms with Gasteiger partial charge in [0.15, 0.2) is 0 Å². The molecule has 3 fully saturated rings. The zero-order chi connectivity index (χ0) is 51.9. The van der Waals surface area contributed by atoms with Crippen LogP contribution in [-0.4, -0.2) is 132 Å². The molecule has 1 aliphatic carbocycles. The van der Waals surface area contributed by atoms with Crippen LogP contribution >= 0.6 is 0 Å². The van der Waals surface area contributed by atoms with Crippen LogP contribution in [0.2, 0.25) is 0 Å². The fourth-order valence-corrected chi connectivity index (χ4v) is 11.4. The lowest BCUT2D eigenvalue weighted by Crippen LogP contribution is -2.62. The Kier molecular flexibility index (Phi) is 15.0. The molecular formula is C58H74N8O7. The second-order valence-electron chi connectivity index (χ2n) is 22.1. The van der Waals surface area contributed by atoms with E-state index in [1.54, 1.807) is 26.3 Å². The number of carbonyl (C=O) groups excluding carboxylic acids is 4. The van der Waals surface area contributed by atoms with Crippen LogP contribution in [0.3, 0.4) is 0 Å². The first-order chi connectivity index (χ1) is 34.9. The summed E-state index contributed by atoms with van der Waals surface area (Å²) < 4.78 is 14.7. The Morgan fingerprint density at radius 3 is 2.47 bits per heavy atom. The Bertz CT molecular complexity index is 2860. The van der Waals surface area contributed by atoms with Crippen LogP contribution < -0.4 is 15.6 Å². The van der Waals surface area contributed by atoms with E-state index in [-0.39, 0.29) is 55.0 Å². The van der Waals surface area contributed by atoms with Crippen LogP contribution in [0.5, 0.6) is 5.75 Å². The number of methoxy groups -OCH3 is 1. The van der Waals surface area contributed by atoms with E-state index in [1.807, 2.05) is 63.4 Å². The lowest BCUT2D eigenvalue weighted by atomic mass is 9.84. The number of phenols is 1. The Morgan fingerprint density at radius 2 is 1.75 bits per heavy atom. The highest BCUT2D eigenvalue weighted by Gasteiger charge is 2.53. The van der Waals surface area contributed by atoms with Gasteiger partial charge in [-0.1, -0.05) is 70.2 Å². The summed E-state index contributed by atoms with van der Waals surface area (Å²) in [5, 5.41) is 17.1. The number of fused-ring (bicyclic) bond motifs is 8. The number of benzene rings is 3. The number of hydrogen-bond donors (Lipinski definition) is 3. The summed E-state index contributed by atoms with van der Waals surface area (Å²) >= 11 is 0. The van der Waals surface area contributed by atoms with Gasteiger partial charge in [0.25, 0.3) is 5.91 Å². The molecule has 5 heterocycles. The quantitative estimate of drug-likeness (QED) is 0.109. The van der Waals surface area contributed by atoms with Crippen molar-refractivity contribution in [3.63, 3.8) is 0 Å². The molecule has 5 aromatic rings. The molecule has 4 aliphatic rings. The highest BCUT2D eigenvalue weighted by atomic mass is 16.5. The number of phenolic OH excluding ortho intramolecular Hbond substituents is 1. The topological polar surface area (TPSA) is 162 Å². The number of esters is 1. The van der Waals surface area contributed by atoms with Crippen molar-refractivity contribution in [3.05, 3.63) is 101 Å². The first kappa shape index (κ1) is 51.6. The summed E-state index contributed by atoms with van der Waals surface area (Å²) in [7, 11) is 5.50. The summed E-state index contributed by atoms with van der Waals surface area (Å²) in [5.41, 5.74) is 12.0. The SMILES string of the molecule is CCn1c(-c2cc(N3CCN(C)CC3)cnc2[C@H](C)OC)c2c3cc(ccc31)-c1cc(O)cc(c1)C[C@H](NC(=O)[C@H](C(C)C)N(C)C(=O)CCc1ccccc1)C(=O)N1CC3C[C@@H]3[C@H](N1)C(=O)OCC(C)(C)C2. The summed E-state index contributed by atoms with van der Waals surface area (Å²) in [6.45, 7) is 17.0. The van der Waals surface area contributed by atoms with E-state index in [4.69, 9.17) is 14.5 Å². The second-order valence-corrected chi connectivity index (χ2v) is 22.1. The van der Waals surface area contributed by atoms with E-state index < -0.39 is 41.3 Å². The van der Waals surface area contributed by atoms with Gasteiger partial charge in [-0.2, -0.15) is 0 Å². The zero-order valence-electron chi connectivity index (χ0n) is 44.1. The maximum absolute atomic E-state index is 15.0. The number of cyclic esters (lactones) is 1. The van der Waals surface area contributed by atoms with Crippen LogP contribution in [0.4, 0.5) is 5.69 Å². The number of anilines is 1. The highest BCUT2D eigenvalue weighted by Crippen LogP contribution is 2.46. The van der Waals surface area contributed by atoms with Crippen molar-refractivity contribution in [2.75, 3.05) is 65.4 Å². The molecule has 3 amide bonds. The molecule has 1 unspecified atom stereocenters. The van der Waals surface area contributed by atoms with Gasteiger partial charge in [-0.15, -0.1) is 0 Å². The number of hydrazine groups is 1. The summed E-state index contributed by atoms with van der Waals surface area (Å²) in [4.78, 5) is 69.0. The monoisotopic (exact) mass is 995 g/mol. The van der Waals surface area contributed by atoms with Gasteiger partial charge in [-0.3, -0.25) is 29.2 Å². The fourth-order valence-electron chi connectivity index (χ4n) is 11.4. The number of pyridine rings is 1. The van der Waals surface area contributed by atoms with E-state index in [9.17, 15) is 24.3 Å². The summed E-state index contributed by atoms with van der Waals surface area (Å²) in [6.07, 6.45) is 3.74. The number of aromatic hydroxyl groups is 1. The molecule has 15 nitrogen and oxygen atoms in total. The van der Waals surface area contributed by atoms with Crippen molar-refractivity contribution in [2.45, 2.75) is 104 Å². The smallest absolute Gasteiger partial charge is 0.325 e. The fraction of sp³-hybridized carbons (Fsp3) is 0.500. The Labute approximate surface area is 430 Å². The molecule has 15 heteroatoms. The van der Waals surface area contributed by atoms with Crippen LogP contribution in [0.25, 0.3) is 33.3 Å². The Morgan fingerprint density at radius 1 is 1.00 bits per heavy atom. The number of nitrogens with zero attached hydrogens (tertiary/aromatic N) is 6. The number of likely N-dealkylation sites (N-methyl/N-ethyl adjacent to an activating group) is 2. The Balaban J connectivity index is 1.13. The third-order valence-corrected chi connectivity index (χ3v) is 15.7. The van der Waals surface area contributed by atoms with Gasteiger partial charge in [-0.25, -0.2) is 5.43 Å². The van der Waals surface area contributed by atoms with Gasteiger partial charge in [0.05, 0.1) is 36.0 Å². The van der Waals surface area contributed by atoms with Crippen LogP contribution in [0.15, 0.2) is 79.0 Å². The molecule has 73 heavy (non-hydrogen) atoms. The molecule has 2 saturated heterocycles. The van der Waals surface area contributed by atoms with E-state index in [1.165, 1.54) is 9.91 Å². The average Bonchev–Trinajstić information content (AvgIpc) is 4.11. The van der Waals surface area contributed by atoms with Crippen molar-refractivity contribution < 1.29 is 33.8 Å². The molecule has 0 radical (unpaired) electrons. The van der Waals surface area contributed by atoms with Gasteiger partial charge in [0.1, 0.15) is 23.9 Å². The summed E-state index contributed by atoms with van der Waals surface area (Å²) in [6, 6.07) is 21.0. The predicted molar refractivity (Wildman–Crippen MR) is 284 cm³/mol. The molecule has 0 spiro atoms. The maximum atomic E-state index is 15.0. The van der Waals surface area contributed by atoms with Crippen LogP contribution in [-0.2, 0) is 54.5 Å². The number of rotatable bonds is 12. The largest absolute Gasteiger partial charge is 0.508 e. The molecule has 9 rings (SSSR count). The standard InChI is InChI=1S/C58H74N8O7/c1-10-65-49-18-17-39-28-45(49)47(54(65)46-30-42(32-59-51(46)36(4)72-9)64-22-20-62(7)21-23-64)31-58(5,6)34-73-57(71)52-44-29-41(44)33-66(61-52)56(70)48(26-38-24-40(39)27-43(67)25-38)60-55(69)53(35(2)3)63(8)50(68)19-16-37-14-12-11-13-15-37/h11-15,17-18,24-25,27-28,30,32,35-36,41,44,48,52-53,61,67H,10,16,19-23,26,29,31,33-34H2,1-9H3,(H,60,69)/t36-,41?,44-,48-,52-,53-/m0/s1. The number of ether oxygens (including phenoxy) is 2. The minimum atomic E-state index is -1.12. The molecule has 3 aromatic carbocycles. The lowest BCUT2D eigenvalue weighted by Gasteiger charge is -2.36. The van der Waals surface area contributed by atoms with E-state index in [0.717, 1.165) is 88.4 Å². The van der Waals surface area contributed by atoms with Gasteiger partial charge in [0.2, 0.25) is 11.8 Å². The van der Waals surface area contributed by atoms with Crippen molar-refractivity contribution >= 4 is 40.3 Å². The highest BCUT2D eigenvalue weighted by molar-refractivity contribution is 5.96. The first-order valence-corrected chi connectivity index (χ1v) is 26.2. The number of nitrogens with one attached hydrogen (secondary N) is 2. The van der Waals surface area contributed by atoms with E-state index in [0.29, 0.717) is 31.5 Å². The van der Waals surface area contributed by atoms with E-state index >= 15 is 0 Å². The van der Waals surface area contributed by atoms with E-state index in [2.05, 4.69) is 77.2 Å². The van der Waals surface area contributed by atoms with Crippen molar-refractivity contribution in [1.29, 1.82) is 0 Å². The van der Waals surface area contributed by atoms with Crippen LogP contribution in [0.1, 0.15) is 82.9 Å². The minimum Gasteiger partial charge on any atom is -0.508 e. The lowest BCUT2D eigenvalue weighted by molar-refractivity contribution is -0.156. The van der Waals surface area contributed by atoms with Gasteiger partial charge in [-0.05, 0) is 116 Å². The van der Waals surface area contributed by atoms with Crippen molar-refractivity contribution in [1.82, 2.24) is 35.1 Å². The molecule has 2 aromatic heterocycles. The normalized spacial score (nSPS) is 22.1. The third-order valence-electron chi connectivity index (χ3n) is 15.7. The molecular weight excluding hydrogens is 921 g/mol. The molecule has 3 N–H and O–H groups in total. The second kappa shape index (κ2) is 21.3. The first-order valence-electron chi connectivity index (χ1n) is 26.2. The predicted octanol–water partition coefficient (Wildman–Crippen LogP) is 7.18. The zero-order valence-corrected chi connectivity index (χ0v) is 44.1. The number of hydrogen-bond acceptors (Lipinski definition) is 11. The van der Waals surface area contributed by atoms with Gasteiger partial charge < -0.3 is 39.2 Å². The molecule has 3 aliphatic heterocycles. The molecule has 6 bridgehead atoms. The molecule has 6 atom stereocenters. The number of amides is 3. The number of aromatic nitrogens is 2. The minimum absolute atomic E-state index is 0.00151. The van der Waals surface area contributed by atoms with Gasteiger partial charge >= 0.3 is 5.97 Å². The number of aryl methyl sites for hydroxylation is 2. The molecule has 1 saturated carbocycles. The number of carbonyl (C=O) groups is 4. The maximum Gasteiger partial charge on any atom is 0.325 e. The average molecular weight is 995 g/mol. The molecule has 388 valence electrons. The van der Waals surface area contributed by atoms with Crippen LogP contribution in [0, 0.1) is 23.2 Å². The van der Waals surface area contributed by atoms with Gasteiger partial charge in [0, 0.05) is 88.1 Å². The number of piperazine rings is 1.